The number of nitrogens with zero attached hydrogens (tertiary/aromatic N) is 3. The standard InChI is InChI=1S/C37H47N3O2/c1-6-9-24-40-32(26-39-23-14-13-20-31(39)30-21-22-33(41-4)34(25-30)42-5)36(29-16-11-10-12-17-29)38-37(40)35-27(7-2)18-15-19-28(35)8-3/h10-12,15-19,21-22,25,31H,6-9,13-14,20,23-24,26H2,1-5H3. The third-order valence-electron chi connectivity index (χ3n) is 8.84. The summed E-state index contributed by atoms with van der Waals surface area (Å²) in [7, 11) is 3.42. The maximum absolute atomic E-state index is 5.70. The van der Waals surface area contributed by atoms with Crippen molar-refractivity contribution in [2.24, 2.45) is 0 Å². The van der Waals surface area contributed by atoms with E-state index in [9.17, 15) is 0 Å². The Balaban J connectivity index is 1.66. The first-order valence-corrected chi connectivity index (χ1v) is 15.8. The van der Waals surface area contributed by atoms with Crippen LogP contribution in [0.1, 0.15) is 81.3 Å². The highest BCUT2D eigenvalue weighted by Crippen LogP contribution is 2.40. The predicted molar refractivity (Wildman–Crippen MR) is 173 cm³/mol. The lowest BCUT2D eigenvalue weighted by Crippen LogP contribution is -2.34. The summed E-state index contributed by atoms with van der Waals surface area (Å²) in [4.78, 5) is 8.21. The minimum atomic E-state index is 0.314. The molecule has 2 heterocycles. The van der Waals surface area contributed by atoms with Crippen molar-refractivity contribution in [3.63, 3.8) is 0 Å². The molecule has 3 aromatic carbocycles. The molecule has 4 aromatic rings. The number of unbranched alkanes of at least 4 members (excludes halogenated alkanes) is 1. The molecule has 1 saturated heterocycles. The van der Waals surface area contributed by atoms with Crippen molar-refractivity contribution in [3.8, 4) is 34.1 Å². The highest BCUT2D eigenvalue weighted by molar-refractivity contribution is 5.72. The second kappa shape index (κ2) is 14.1. The monoisotopic (exact) mass is 565 g/mol. The Hall–Kier alpha value is -3.57. The molecule has 42 heavy (non-hydrogen) atoms. The molecule has 5 nitrogen and oxygen atoms in total. The van der Waals surface area contributed by atoms with E-state index in [1.807, 2.05) is 6.07 Å². The molecule has 222 valence electrons. The van der Waals surface area contributed by atoms with Gasteiger partial charge in [-0.2, -0.15) is 0 Å². The number of imidazole rings is 1. The van der Waals surface area contributed by atoms with Crippen LogP contribution >= 0.6 is 0 Å². The van der Waals surface area contributed by atoms with Crippen LogP contribution in [0.5, 0.6) is 11.5 Å². The van der Waals surface area contributed by atoms with Crippen molar-refractivity contribution >= 4 is 0 Å². The van der Waals surface area contributed by atoms with Crippen molar-refractivity contribution in [3.05, 3.63) is 89.1 Å². The van der Waals surface area contributed by atoms with Gasteiger partial charge in [-0.25, -0.2) is 4.98 Å². The van der Waals surface area contributed by atoms with Gasteiger partial charge in [-0.15, -0.1) is 0 Å². The van der Waals surface area contributed by atoms with Crippen LogP contribution in [0.2, 0.25) is 0 Å². The van der Waals surface area contributed by atoms with Gasteiger partial charge in [0, 0.05) is 30.3 Å². The fourth-order valence-corrected chi connectivity index (χ4v) is 6.56. The number of aryl methyl sites for hydroxylation is 2. The van der Waals surface area contributed by atoms with Crippen LogP contribution in [0.4, 0.5) is 0 Å². The Kier molecular flexibility index (Phi) is 10.0. The third kappa shape index (κ3) is 6.12. The zero-order chi connectivity index (χ0) is 29.5. The Bertz CT molecular complexity index is 1440. The number of methoxy groups -OCH3 is 2. The summed E-state index contributed by atoms with van der Waals surface area (Å²) in [5, 5.41) is 0. The Morgan fingerprint density at radius 3 is 2.24 bits per heavy atom. The Morgan fingerprint density at radius 1 is 0.833 bits per heavy atom. The zero-order valence-electron chi connectivity index (χ0n) is 26.2. The fourth-order valence-electron chi connectivity index (χ4n) is 6.56. The van der Waals surface area contributed by atoms with Gasteiger partial charge in [0.25, 0.3) is 0 Å². The number of hydrogen-bond acceptors (Lipinski definition) is 4. The van der Waals surface area contributed by atoms with E-state index in [1.165, 1.54) is 46.4 Å². The first-order chi connectivity index (χ1) is 20.6. The van der Waals surface area contributed by atoms with Crippen LogP contribution in [-0.2, 0) is 25.9 Å². The molecular weight excluding hydrogens is 518 g/mol. The summed E-state index contributed by atoms with van der Waals surface area (Å²) in [6.07, 6.45) is 7.82. The number of aromatic nitrogens is 2. The third-order valence-corrected chi connectivity index (χ3v) is 8.84. The minimum Gasteiger partial charge on any atom is -0.493 e. The lowest BCUT2D eigenvalue weighted by Gasteiger charge is -2.36. The Labute approximate surface area is 252 Å². The number of ether oxygens (including phenoxy) is 2. The van der Waals surface area contributed by atoms with E-state index >= 15 is 0 Å². The molecule has 1 atom stereocenters. The number of hydrogen-bond donors (Lipinski definition) is 0. The predicted octanol–water partition coefficient (Wildman–Crippen LogP) is 8.89. The van der Waals surface area contributed by atoms with Crippen LogP contribution in [0, 0.1) is 0 Å². The SMILES string of the molecule is CCCCn1c(-c2c(CC)cccc2CC)nc(-c2ccccc2)c1CN1CCCCC1c1ccc(OC)c(OC)c1. The van der Waals surface area contributed by atoms with Crippen molar-refractivity contribution < 1.29 is 9.47 Å². The van der Waals surface area contributed by atoms with E-state index in [4.69, 9.17) is 14.5 Å². The highest BCUT2D eigenvalue weighted by atomic mass is 16.5. The smallest absolute Gasteiger partial charge is 0.161 e. The van der Waals surface area contributed by atoms with Gasteiger partial charge in [0.05, 0.1) is 25.6 Å². The van der Waals surface area contributed by atoms with E-state index in [2.05, 4.69) is 90.9 Å². The summed E-state index contributed by atoms with van der Waals surface area (Å²) in [5.41, 5.74) is 9.01. The number of benzene rings is 3. The van der Waals surface area contributed by atoms with Crippen LogP contribution in [0.15, 0.2) is 66.7 Å². The Morgan fingerprint density at radius 2 is 1.57 bits per heavy atom. The average Bonchev–Trinajstić information content (AvgIpc) is 3.40. The zero-order valence-corrected chi connectivity index (χ0v) is 26.2. The summed E-state index contributed by atoms with van der Waals surface area (Å²) in [5.74, 6) is 2.70. The van der Waals surface area contributed by atoms with Crippen LogP contribution in [0.3, 0.4) is 0 Å². The molecule has 1 aromatic heterocycles. The molecule has 0 aliphatic carbocycles. The summed E-state index contributed by atoms with van der Waals surface area (Å²) in [6, 6.07) is 24.3. The van der Waals surface area contributed by atoms with Crippen molar-refractivity contribution in [2.75, 3.05) is 20.8 Å². The van der Waals surface area contributed by atoms with Gasteiger partial charge >= 0.3 is 0 Å². The van der Waals surface area contributed by atoms with Gasteiger partial charge in [0.1, 0.15) is 5.82 Å². The largest absolute Gasteiger partial charge is 0.493 e. The highest BCUT2D eigenvalue weighted by Gasteiger charge is 2.29. The second-order valence-corrected chi connectivity index (χ2v) is 11.4. The molecule has 5 rings (SSSR count). The molecule has 0 radical (unpaired) electrons. The molecule has 0 N–H and O–H groups in total. The maximum Gasteiger partial charge on any atom is 0.161 e. The van der Waals surface area contributed by atoms with Gasteiger partial charge in [-0.05, 0) is 67.5 Å². The molecule has 1 fully saturated rings. The molecule has 1 aliphatic rings. The number of likely N-dealkylation sites (tertiary alicyclic amines) is 1. The van der Waals surface area contributed by atoms with Gasteiger partial charge in [-0.1, -0.05) is 88.2 Å². The van der Waals surface area contributed by atoms with Crippen LogP contribution in [0.25, 0.3) is 22.6 Å². The van der Waals surface area contributed by atoms with E-state index in [0.717, 1.165) is 74.8 Å². The molecule has 0 amide bonds. The first-order valence-electron chi connectivity index (χ1n) is 15.8. The van der Waals surface area contributed by atoms with Gasteiger partial charge < -0.3 is 14.0 Å². The number of rotatable bonds is 12. The normalized spacial score (nSPS) is 15.6. The fraction of sp³-hybridized carbons (Fsp3) is 0.432. The van der Waals surface area contributed by atoms with Gasteiger partial charge in [0.2, 0.25) is 0 Å². The topological polar surface area (TPSA) is 39.5 Å². The van der Waals surface area contributed by atoms with E-state index in [1.54, 1.807) is 14.2 Å². The minimum absolute atomic E-state index is 0.314. The molecule has 0 bridgehead atoms. The maximum atomic E-state index is 5.70. The molecule has 0 saturated carbocycles. The van der Waals surface area contributed by atoms with E-state index < -0.39 is 0 Å². The lowest BCUT2D eigenvalue weighted by atomic mass is 9.94. The number of piperidine rings is 1. The van der Waals surface area contributed by atoms with Crippen molar-refractivity contribution in [1.82, 2.24) is 14.5 Å². The van der Waals surface area contributed by atoms with E-state index in [0.29, 0.717) is 6.04 Å². The molecule has 0 spiro atoms. The summed E-state index contributed by atoms with van der Waals surface area (Å²) in [6.45, 7) is 9.69. The van der Waals surface area contributed by atoms with Crippen molar-refractivity contribution in [2.45, 2.75) is 84.8 Å². The first kappa shape index (κ1) is 29.9. The van der Waals surface area contributed by atoms with Gasteiger partial charge in [0.15, 0.2) is 11.5 Å². The second-order valence-electron chi connectivity index (χ2n) is 11.4. The lowest BCUT2D eigenvalue weighted by molar-refractivity contribution is 0.137. The summed E-state index contributed by atoms with van der Waals surface area (Å²) >= 11 is 0. The summed E-state index contributed by atoms with van der Waals surface area (Å²) < 4.78 is 13.8. The van der Waals surface area contributed by atoms with Crippen LogP contribution in [-0.4, -0.2) is 35.2 Å². The van der Waals surface area contributed by atoms with Gasteiger partial charge in [-0.3, -0.25) is 4.90 Å². The quantitative estimate of drug-likeness (QED) is 0.172. The molecule has 1 unspecified atom stereocenters. The molecular formula is C37H47N3O2. The van der Waals surface area contributed by atoms with E-state index in [-0.39, 0.29) is 0 Å². The van der Waals surface area contributed by atoms with Crippen LogP contribution < -0.4 is 9.47 Å². The molecule has 5 heteroatoms. The van der Waals surface area contributed by atoms with Crippen molar-refractivity contribution in [1.29, 1.82) is 0 Å². The average molecular weight is 566 g/mol. The molecule has 1 aliphatic heterocycles.